The number of imidazole rings is 1. The van der Waals surface area contributed by atoms with Gasteiger partial charge in [0.05, 0.1) is 22.1 Å². The van der Waals surface area contributed by atoms with Crippen molar-refractivity contribution in [2.75, 3.05) is 0 Å². The lowest BCUT2D eigenvalue weighted by molar-refractivity contribution is 0.762. The van der Waals surface area contributed by atoms with Crippen LogP contribution in [-0.2, 0) is 6.54 Å². The topological polar surface area (TPSA) is 17.8 Å². The Hall–Kier alpha value is -0.990. The molecule has 2 nitrogen and oxygen atoms in total. The van der Waals surface area contributed by atoms with Gasteiger partial charge in [0, 0.05) is 18.3 Å². The molecule has 0 radical (unpaired) electrons. The van der Waals surface area contributed by atoms with Gasteiger partial charge in [-0.3, -0.25) is 0 Å². The van der Waals surface area contributed by atoms with Crippen LogP contribution in [0.3, 0.4) is 0 Å². The molecule has 0 saturated heterocycles. The van der Waals surface area contributed by atoms with Crippen molar-refractivity contribution in [2.45, 2.75) is 13.5 Å². The normalized spacial score (nSPS) is 10.6. The van der Waals surface area contributed by atoms with Crippen molar-refractivity contribution >= 4 is 23.2 Å². The van der Waals surface area contributed by atoms with E-state index in [0.29, 0.717) is 10.0 Å². The number of halogens is 2. The van der Waals surface area contributed by atoms with Crippen molar-refractivity contribution in [3.63, 3.8) is 0 Å². The van der Waals surface area contributed by atoms with Crippen LogP contribution in [0.2, 0.25) is 10.0 Å². The van der Waals surface area contributed by atoms with Crippen molar-refractivity contribution in [3.05, 3.63) is 40.8 Å². The highest BCUT2D eigenvalue weighted by Gasteiger charge is 2.04. The summed E-state index contributed by atoms with van der Waals surface area (Å²) in [4.78, 5) is 4.29. The standard InChI is InChI=1S/C11H10Cl2N2/c1-2-15-6-11(14-7-15)8-3-4-9(12)10(13)5-8/h3-7H,2H2,1H3. The van der Waals surface area contributed by atoms with E-state index in [1.807, 2.05) is 22.9 Å². The van der Waals surface area contributed by atoms with Crippen LogP contribution in [0.4, 0.5) is 0 Å². The van der Waals surface area contributed by atoms with Crippen LogP contribution >= 0.6 is 23.2 Å². The number of hydrogen-bond acceptors (Lipinski definition) is 1. The molecule has 4 heteroatoms. The molecule has 1 aromatic carbocycles. The molecule has 1 heterocycles. The lowest BCUT2D eigenvalue weighted by Gasteiger charge is -1.99. The van der Waals surface area contributed by atoms with Crippen LogP contribution in [0.15, 0.2) is 30.7 Å². The largest absolute Gasteiger partial charge is 0.337 e. The van der Waals surface area contributed by atoms with Crippen LogP contribution in [-0.4, -0.2) is 9.55 Å². The summed E-state index contributed by atoms with van der Waals surface area (Å²) in [5, 5.41) is 1.12. The van der Waals surface area contributed by atoms with Gasteiger partial charge in [-0.05, 0) is 19.1 Å². The Morgan fingerprint density at radius 3 is 2.67 bits per heavy atom. The van der Waals surface area contributed by atoms with E-state index in [1.165, 1.54) is 0 Å². The quantitative estimate of drug-likeness (QED) is 0.780. The molecule has 0 N–H and O–H groups in total. The molecule has 0 atom stereocenters. The SMILES string of the molecule is CCn1cnc(-c2ccc(Cl)c(Cl)c2)c1. The number of rotatable bonds is 2. The lowest BCUT2D eigenvalue weighted by atomic mass is 10.2. The summed E-state index contributed by atoms with van der Waals surface area (Å²) in [7, 11) is 0. The van der Waals surface area contributed by atoms with Gasteiger partial charge in [0.1, 0.15) is 0 Å². The third-order valence-electron chi connectivity index (χ3n) is 2.21. The van der Waals surface area contributed by atoms with Gasteiger partial charge in [0.25, 0.3) is 0 Å². The van der Waals surface area contributed by atoms with Gasteiger partial charge in [-0.25, -0.2) is 4.98 Å². The van der Waals surface area contributed by atoms with E-state index in [9.17, 15) is 0 Å². The number of aromatic nitrogens is 2. The third-order valence-corrected chi connectivity index (χ3v) is 2.95. The molecule has 0 aliphatic carbocycles. The highest BCUT2D eigenvalue weighted by Crippen LogP contribution is 2.27. The summed E-state index contributed by atoms with van der Waals surface area (Å²) in [5.41, 5.74) is 1.90. The Morgan fingerprint density at radius 1 is 1.27 bits per heavy atom. The molecule has 0 bridgehead atoms. The predicted octanol–water partition coefficient (Wildman–Crippen LogP) is 3.88. The van der Waals surface area contributed by atoms with Crippen LogP contribution in [0.5, 0.6) is 0 Å². The Morgan fingerprint density at radius 2 is 2.07 bits per heavy atom. The zero-order chi connectivity index (χ0) is 10.8. The van der Waals surface area contributed by atoms with Gasteiger partial charge in [0.15, 0.2) is 0 Å². The Bertz CT molecular complexity index is 477. The van der Waals surface area contributed by atoms with Crippen molar-refractivity contribution in [1.82, 2.24) is 9.55 Å². The van der Waals surface area contributed by atoms with Crippen molar-refractivity contribution in [1.29, 1.82) is 0 Å². The number of nitrogens with zero attached hydrogens (tertiary/aromatic N) is 2. The molecule has 0 saturated carbocycles. The van der Waals surface area contributed by atoms with E-state index in [-0.39, 0.29) is 0 Å². The van der Waals surface area contributed by atoms with E-state index in [4.69, 9.17) is 23.2 Å². The first kappa shape index (κ1) is 10.5. The molecule has 15 heavy (non-hydrogen) atoms. The summed E-state index contributed by atoms with van der Waals surface area (Å²) >= 11 is 11.8. The summed E-state index contributed by atoms with van der Waals surface area (Å²) in [6.07, 6.45) is 3.79. The summed E-state index contributed by atoms with van der Waals surface area (Å²) in [6, 6.07) is 5.52. The first-order valence-electron chi connectivity index (χ1n) is 4.68. The third kappa shape index (κ3) is 2.16. The van der Waals surface area contributed by atoms with Gasteiger partial charge in [-0.15, -0.1) is 0 Å². The molecule has 0 amide bonds. The molecule has 1 aromatic heterocycles. The maximum Gasteiger partial charge on any atom is 0.0953 e. The minimum atomic E-state index is 0.556. The van der Waals surface area contributed by atoms with E-state index in [1.54, 1.807) is 12.4 Å². The zero-order valence-electron chi connectivity index (χ0n) is 8.24. The number of benzene rings is 1. The Balaban J connectivity index is 2.40. The van der Waals surface area contributed by atoms with Crippen molar-refractivity contribution in [2.24, 2.45) is 0 Å². The second kappa shape index (κ2) is 4.25. The van der Waals surface area contributed by atoms with Crippen molar-refractivity contribution < 1.29 is 0 Å². The second-order valence-corrected chi connectivity index (χ2v) is 4.03. The van der Waals surface area contributed by atoms with Crippen LogP contribution < -0.4 is 0 Å². The highest BCUT2D eigenvalue weighted by molar-refractivity contribution is 6.42. The van der Waals surface area contributed by atoms with Gasteiger partial charge >= 0.3 is 0 Å². The Kier molecular flexibility index (Phi) is 2.98. The zero-order valence-corrected chi connectivity index (χ0v) is 9.76. The summed E-state index contributed by atoms with van der Waals surface area (Å²) in [5.74, 6) is 0. The first-order valence-corrected chi connectivity index (χ1v) is 5.43. The average Bonchev–Trinajstić information content (AvgIpc) is 2.70. The Labute approximate surface area is 98.5 Å². The molecule has 0 unspecified atom stereocenters. The van der Waals surface area contributed by atoms with E-state index in [0.717, 1.165) is 17.8 Å². The maximum atomic E-state index is 5.94. The maximum absolute atomic E-state index is 5.94. The fourth-order valence-electron chi connectivity index (χ4n) is 1.34. The highest BCUT2D eigenvalue weighted by atomic mass is 35.5. The molecular formula is C11H10Cl2N2. The molecule has 0 fully saturated rings. The van der Waals surface area contributed by atoms with Crippen molar-refractivity contribution in [3.8, 4) is 11.3 Å². The van der Waals surface area contributed by atoms with E-state index < -0.39 is 0 Å². The van der Waals surface area contributed by atoms with Crippen LogP contribution in [0.1, 0.15) is 6.92 Å². The molecule has 78 valence electrons. The predicted molar refractivity (Wildman–Crippen MR) is 63.4 cm³/mol. The van der Waals surface area contributed by atoms with Gasteiger partial charge in [-0.2, -0.15) is 0 Å². The first-order chi connectivity index (χ1) is 7.20. The molecular weight excluding hydrogens is 231 g/mol. The molecule has 0 spiro atoms. The smallest absolute Gasteiger partial charge is 0.0953 e. The average molecular weight is 241 g/mol. The fraction of sp³-hybridized carbons (Fsp3) is 0.182. The second-order valence-electron chi connectivity index (χ2n) is 3.22. The molecule has 2 aromatic rings. The molecule has 0 aliphatic heterocycles. The summed E-state index contributed by atoms with van der Waals surface area (Å²) < 4.78 is 2.01. The number of hydrogen-bond donors (Lipinski definition) is 0. The molecule has 0 aliphatic rings. The monoisotopic (exact) mass is 240 g/mol. The molecule has 2 rings (SSSR count). The number of aryl methyl sites for hydroxylation is 1. The minimum absolute atomic E-state index is 0.556. The summed E-state index contributed by atoms with van der Waals surface area (Å²) in [6.45, 7) is 2.98. The van der Waals surface area contributed by atoms with Crippen LogP contribution in [0.25, 0.3) is 11.3 Å². The van der Waals surface area contributed by atoms with Crippen LogP contribution in [0, 0.1) is 0 Å². The van der Waals surface area contributed by atoms with E-state index >= 15 is 0 Å². The fourth-order valence-corrected chi connectivity index (χ4v) is 1.64. The van der Waals surface area contributed by atoms with E-state index in [2.05, 4.69) is 11.9 Å². The van der Waals surface area contributed by atoms with Gasteiger partial charge < -0.3 is 4.57 Å². The lowest BCUT2D eigenvalue weighted by Crippen LogP contribution is -1.86. The van der Waals surface area contributed by atoms with Gasteiger partial charge in [-0.1, -0.05) is 29.3 Å². The minimum Gasteiger partial charge on any atom is -0.337 e. The van der Waals surface area contributed by atoms with Gasteiger partial charge in [0.2, 0.25) is 0 Å².